The lowest BCUT2D eigenvalue weighted by Crippen LogP contribution is -2.23. The number of hydrogen-bond donors (Lipinski definition) is 2. The van der Waals surface area contributed by atoms with Gasteiger partial charge in [-0.2, -0.15) is 5.26 Å². The molecule has 0 saturated carbocycles. The number of nitriles is 1. The average Bonchev–Trinajstić information content (AvgIpc) is 3.19. The third-order valence-corrected chi connectivity index (χ3v) is 5.47. The van der Waals surface area contributed by atoms with Crippen LogP contribution in [-0.2, 0) is 4.79 Å². The molecule has 0 bridgehead atoms. The van der Waals surface area contributed by atoms with Gasteiger partial charge in [-0.25, -0.2) is 19.7 Å². The molecule has 3 aromatic rings. The van der Waals surface area contributed by atoms with Gasteiger partial charge in [0.15, 0.2) is 23.0 Å². The van der Waals surface area contributed by atoms with Gasteiger partial charge in [0.2, 0.25) is 0 Å². The van der Waals surface area contributed by atoms with Crippen molar-refractivity contribution in [2.75, 3.05) is 23.3 Å². The van der Waals surface area contributed by atoms with Crippen molar-refractivity contribution in [3.8, 4) is 6.07 Å². The molecule has 0 aliphatic carbocycles. The zero-order valence-electron chi connectivity index (χ0n) is 17.4. The summed E-state index contributed by atoms with van der Waals surface area (Å²) in [6.07, 6.45) is 0.408. The smallest absolute Gasteiger partial charge is 0.356 e. The number of carbonyl (C=O) groups is 2. The Kier molecular flexibility index (Phi) is 5.63. The van der Waals surface area contributed by atoms with Gasteiger partial charge in [-0.15, -0.1) is 0 Å². The Balaban J connectivity index is 1.81. The molecule has 162 valence electrons. The quantitative estimate of drug-likeness (QED) is 0.560. The summed E-state index contributed by atoms with van der Waals surface area (Å²) in [6, 6.07) is 8.57. The Hall–Kier alpha value is -3.77. The molecule has 1 atom stereocenters. The second-order valence-corrected chi connectivity index (χ2v) is 8.03. The molecule has 10 heteroatoms. The number of benzene rings is 1. The maximum Gasteiger partial charge on any atom is 0.356 e. The van der Waals surface area contributed by atoms with E-state index in [4.69, 9.17) is 16.6 Å². The highest BCUT2D eigenvalue weighted by atomic mass is 35.5. The largest absolute Gasteiger partial charge is 0.476 e. The van der Waals surface area contributed by atoms with Crippen molar-refractivity contribution in [2.24, 2.45) is 0 Å². The molecule has 1 aliphatic rings. The van der Waals surface area contributed by atoms with E-state index in [0.717, 1.165) is 11.1 Å². The second kappa shape index (κ2) is 8.40. The lowest BCUT2D eigenvalue weighted by Gasteiger charge is -2.21. The van der Waals surface area contributed by atoms with Crippen molar-refractivity contribution >= 4 is 45.9 Å². The van der Waals surface area contributed by atoms with Crippen molar-refractivity contribution in [3.63, 3.8) is 0 Å². The number of aromatic carboxylic acids is 1. The van der Waals surface area contributed by atoms with Gasteiger partial charge in [-0.3, -0.25) is 4.79 Å². The number of halogens is 1. The molecule has 2 N–H and O–H groups in total. The number of ketones is 1. The number of nitrogens with zero attached hydrogens (tertiary/aromatic N) is 5. The summed E-state index contributed by atoms with van der Waals surface area (Å²) in [5.41, 5.74) is 3.10. The highest BCUT2D eigenvalue weighted by molar-refractivity contribution is 6.29. The summed E-state index contributed by atoms with van der Waals surface area (Å²) in [6.45, 7) is 4.46. The Bertz CT molecular complexity index is 1300. The van der Waals surface area contributed by atoms with Crippen molar-refractivity contribution < 1.29 is 14.7 Å². The predicted octanol–water partition coefficient (Wildman–Crippen LogP) is 3.51. The van der Waals surface area contributed by atoms with Gasteiger partial charge in [0.25, 0.3) is 0 Å². The lowest BCUT2D eigenvalue weighted by atomic mass is 10.0. The summed E-state index contributed by atoms with van der Waals surface area (Å²) in [5.74, 6) is -0.732. The minimum absolute atomic E-state index is 0.0845. The molecule has 0 radical (unpaired) electrons. The Morgan fingerprint density at radius 1 is 1.31 bits per heavy atom. The van der Waals surface area contributed by atoms with E-state index >= 15 is 0 Å². The van der Waals surface area contributed by atoms with Gasteiger partial charge < -0.3 is 15.3 Å². The first kappa shape index (κ1) is 21.5. The normalized spacial score (nSPS) is 14.4. The Morgan fingerprint density at radius 3 is 2.75 bits per heavy atom. The fourth-order valence-corrected chi connectivity index (χ4v) is 3.93. The average molecular weight is 451 g/mol. The van der Waals surface area contributed by atoms with Gasteiger partial charge >= 0.3 is 5.97 Å². The lowest BCUT2D eigenvalue weighted by molar-refractivity contribution is -0.116. The zero-order chi connectivity index (χ0) is 23.0. The minimum atomic E-state index is -1.20. The van der Waals surface area contributed by atoms with Crippen molar-refractivity contribution in [1.82, 2.24) is 15.0 Å². The molecule has 0 unspecified atom stereocenters. The number of Topliss-reactive ketones (excluding diaryl/α,β-unsaturated/α-hetero) is 1. The van der Waals surface area contributed by atoms with E-state index in [2.05, 4.69) is 21.4 Å². The van der Waals surface area contributed by atoms with Crippen LogP contribution in [0.4, 0.5) is 11.5 Å². The summed E-state index contributed by atoms with van der Waals surface area (Å²) in [5, 5.41) is 22.3. The van der Waals surface area contributed by atoms with Crippen LogP contribution in [0.15, 0.2) is 24.3 Å². The van der Waals surface area contributed by atoms with Crippen LogP contribution in [0.1, 0.15) is 46.7 Å². The van der Waals surface area contributed by atoms with E-state index < -0.39 is 5.97 Å². The van der Waals surface area contributed by atoms with Crippen molar-refractivity contribution in [1.29, 1.82) is 5.26 Å². The summed E-state index contributed by atoms with van der Waals surface area (Å²) < 4.78 is 0. The van der Waals surface area contributed by atoms with E-state index in [-0.39, 0.29) is 34.9 Å². The number of carboxylic acid groups (broad SMARTS) is 1. The van der Waals surface area contributed by atoms with E-state index in [1.54, 1.807) is 11.0 Å². The second-order valence-electron chi connectivity index (χ2n) is 7.64. The molecule has 0 spiro atoms. The maximum absolute atomic E-state index is 11.8. The van der Waals surface area contributed by atoms with Crippen LogP contribution >= 0.6 is 11.6 Å². The van der Waals surface area contributed by atoms with Crippen LogP contribution in [-0.4, -0.2) is 44.9 Å². The predicted molar refractivity (Wildman–Crippen MR) is 119 cm³/mol. The summed E-state index contributed by atoms with van der Waals surface area (Å²) in [7, 11) is 0. The van der Waals surface area contributed by atoms with Crippen LogP contribution in [0.2, 0.25) is 5.15 Å². The number of carbonyl (C=O) groups excluding carboxylic acids is 1. The van der Waals surface area contributed by atoms with E-state index in [0.29, 0.717) is 35.5 Å². The SMILES string of the molecule is Cc1cc([C@@H](C)Nc2ccc(Cl)nc2C(=O)O)c2nc(N3CCC(=O)C3)c(C#N)nc2c1. The molecule has 2 aromatic heterocycles. The van der Waals surface area contributed by atoms with E-state index in [9.17, 15) is 20.0 Å². The number of rotatable bonds is 5. The van der Waals surface area contributed by atoms with Gasteiger partial charge in [0.1, 0.15) is 11.2 Å². The van der Waals surface area contributed by atoms with Gasteiger partial charge in [-0.1, -0.05) is 17.7 Å². The van der Waals surface area contributed by atoms with Gasteiger partial charge in [0, 0.05) is 18.5 Å². The third-order valence-electron chi connectivity index (χ3n) is 5.26. The molecule has 1 aromatic carbocycles. The maximum atomic E-state index is 11.8. The number of carboxylic acids is 1. The third kappa shape index (κ3) is 4.05. The van der Waals surface area contributed by atoms with E-state index in [1.807, 2.05) is 26.0 Å². The Labute approximate surface area is 188 Å². The first-order valence-electron chi connectivity index (χ1n) is 9.92. The number of hydrogen-bond acceptors (Lipinski definition) is 8. The highest BCUT2D eigenvalue weighted by Crippen LogP contribution is 2.31. The number of anilines is 2. The van der Waals surface area contributed by atoms with Gasteiger partial charge in [0.05, 0.1) is 29.3 Å². The van der Waals surface area contributed by atoms with Crippen LogP contribution in [0.25, 0.3) is 11.0 Å². The molecule has 32 heavy (non-hydrogen) atoms. The molecular formula is C22H19ClN6O3. The van der Waals surface area contributed by atoms with Crippen molar-refractivity contribution in [2.45, 2.75) is 26.3 Å². The topological polar surface area (TPSA) is 132 Å². The molecule has 3 heterocycles. The highest BCUT2D eigenvalue weighted by Gasteiger charge is 2.25. The molecule has 1 aliphatic heterocycles. The fraction of sp³-hybridized carbons (Fsp3) is 0.273. The van der Waals surface area contributed by atoms with Crippen LogP contribution < -0.4 is 10.2 Å². The van der Waals surface area contributed by atoms with Crippen LogP contribution in [0.5, 0.6) is 0 Å². The fourth-order valence-electron chi connectivity index (χ4n) is 3.79. The molecule has 1 fully saturated rings. The number of pyridine rings is 1. The number of fused-ring (bicyclic) bond motifs is 1. The number of aryl methyl sites for hydroxylation is 1. The molecule has 9 nitrogen and oxygen atoms in total. The first-order chi connectivity index (χ1) is 15.3. The molecule has 1 saturated heterocycles. The standard InChI is InChI=1S/C22H19ClN6O3/c1-11-7-14(12(2)25-15-3-4-18(23)27-20(15)22(31)32)19-16(8-11)26-17(9-24)21(28-19)29-6-5-13(30)10-29/h3-4,7-8,12,25H,5-6,10H2,1-2H3,(H,31,32)/t12-/m1/s1. The molecule has 4 rings (SSSR count). The summed E-state index contributed by atoms with van der Waals surface area (Å²) >= 11 is 5.86. The van der Waals surface area contributed by atoms with E-state index in [1.165, 1.54) is 6.07 Å². The number of nitrogens with one attached hydrogen (secondary N) is 1. The minimum Gasteiger partial charge on any atom is -0.476 e. The summed E-state index contributed by atoms with van der Waals surface area (Å²) in [4.78, 5) is 38.3. The Morgan fingerprint density at radius 2 is 2.09 bits per heavy atom. The van der Waals surface area contributed by atoms with Crippen LogP contribution in [0.3, 0.4) is 0 Å². The van der Waals surface area contributed by atoms with Gasteiger partial charge in [-0.05, 0) is 37.6 Å². The molecular weight excluding hydrogens is 432 g/mol. The zero-order valence-corrected chi connectivity index (χ0v) is 18.1. The monoisotopic (exact) mass is 450 g/mol. The molecule has 0 amide bonds. The van der Waals surface area contributed by atoms with Crippen molar-refractivity contribution in [3.05, 3.63) is 51.9 Å². The first-order valence-corrected chi connectivity index (χ1v) is 10.3. The van der Waals surface area contributed by atoms with Crippen LogP contribution in [0, 0.1) is 18.3 Å². The number of aromatic nitrogens is 3.